The second kappa shape index (κ2) is 8.44. The molecule has 0 bridgehead atoms. The molecular weight excluding hydrogens is 386 g/mol. The highest BCUT2D eigenvalue weighted by Crippen LogP contribution is 2.32. The summed E-state index contributed by atoms with van der Waals surface area (Å²) in [4.78, 5) is 18.9. The Bertz CT molecular complexity index is 1030. The lowest BCUT2D eigenvalue weighted by atomic mass is 10.1. The number of nitrogens with zero attached hydrogens (tertiary/aromatic N) is 3. The Morgan fingerprint density at radius 2 is 1.80 bits per heavy atom. The summed E-state index contributed by atoms with van der Waals surface area (Å²) in [6.07, 6.45) is 0.356. The molecule has 1 aromatic heterocycles. The summed E-state index contributed by atoms with van der Waals surface area (Å²) in [6.45, 7) is 1.02. The van der Waals surface area contributed by atoms with Crippen LogP contribution in [0.5, 0.6) is 17.2 Å². The zero-order chi connectivity index (χ0) is 21.1. The molecule has 0 N–H and O–H groups in total. The van der Waals surface area contributed by atoms with Gasteiger partial charge >= 0.3 is 0 Å². The molecule has 0 saturated carbocycles. The van der Waals surface area contributed by atoms with Gasteiger partial charge in [-0.1, -0.05) is 11.2 Å². The van der Waals surface area contributed by atoms with E-state index in [1.54, 1.807) is 26.2 Å². The SMILES string of the molecule is COc1ccc(-c2nc(C3CC(=O)N(Cc4ccc(OC)c(OC)c4)C3)no2)cc1. The second-order valence-electron chi connectivity index (χ2n) is 7.05. The fraction of sp³-hybridized carbons (Fsp3) is 0.318. The zero-order valence-corrected chi connectivity index (χ0v) is 17.1. The van der Waals surface area contributed by atoms with Crippen molar-refractivity contribution in [3.8, 4) is 28.7 Å². The molecule has 8 heteroatoms. The molecule has 4 rings (SSSR count). The molecule has 30 heavy (non-hydrogen) atoms. The maximum absolute atomic E-state index is 12.6. The summed E-state index contributed by atoms with van der Waals surface area (Å²) in [5.74, 6) is 2.98. The Balaban J connectivity index is 1.45. The Hall–Kier alpha value is -3.55. The van der Waals surface area contributed by atoms with E-state index in [9.17, 15) is 4.79 Å². The van der Waals surface area contributed by atoms with E-state index in [-0.39, 0.29) is 11.8 Å². The van der Waals surface area contributed by atoms with Crippen LogP contribution in [0.4, 0.5) is 0 Å². The number of carbonyl (C=O) groups is 1. The fourth-order valence-electron chi connectivity index (χ4n) is 3.55. The molecule has 8 nitrogen and oxygen atoms in total. The number of ether oxygens (including phenoxy) is 3. The Labute approximate surface area is 174 Å². The van der Waals surface area contributed by atoms with Gasteiger partial charge in [-0.05, 0) is 42.0 Å². The number of methoxy groups -OCH3 is 3. The van der Waals surface area contributed by atoms with Gasteiger partial charge in [-0.25, -0.2) is 0 Å². The van der Waals surface area contributed by atoms with Crippen LogP contribution in [0.15, 0.2) is 47.0 Å². The van der Waals surface area contributed by atoms with E-state index in [4.69, 9.17) is 18.7 Å². The van der Waals surface area contributed by atoms with Gasteiger partial charge in [-0.15, -0.1) is 0 Å². The van der Waals surface area contributed by atoms with E-state index in [0.717, 1.165) is 16.9 Å². The molecule has 1 saturated heterocycles. The molecule has 156 valence electrons. The van der Waals surface area contributed by atoms with Gasteiger partial charge in [0, 0.05) is 31.0 Å². The van der Waals surface area contributed by atoms with E-state index in [2.05, 4.69) is 10.1 Å². The first kappa shape index (κ1) is 19.8. The monoisotopic (exact) mass is 409 g/mol. The molecule has 1 atom stereocenters. The number of aromatic nitrogens is 2. The maximum Gasteiger partial charge on any atom is 0.257 e. The Morgan fingerprint density at radius 1 is 1.03 bits per heavy atom. The van der Waals surface area contributed by atoms with Crippen molar-refractivity contribution in [1.29, 1.82) is 0 Å². The number of amides is 1. The smallest absolute Gasteiger partial charge is 0.257 e. The van der Waals surface area contributed by atoms with Gasteiger partial charge < -0.3 is 23.6 Å². The van der Waals surface area contributed by atoms with Crippen LogP contribution in [0.1, 0.15) is 23.7 Å². The van der Waals surface area contributed by atoms with Crippen LogP contribution < -0.4 is 14.2 Å². The lowest BCUT2D eigenvalue weighted by molar-refractivity contribution is -0.128. The number of rotatable bonds is 7. The van der Waals surface area contributed by atoms with Gasteiger partial charge in [0.25, 0.3) is 5.89 Å². The van der Waals surface area contributed by atoms with Gasteiger partial charge in [-0.2, -0.15) is 4.98 Å². The summed E-state index contributed by atoms with van der Waals surface area (Å²) in [5.41, 5.74) is 1.77. The van der Waals surface area contributed by atoms with Gasteiger partial charge in [0.05, 0.1) is 21.3 Å². The van der Waals surface area contributed by atoms with E-state index in [1.165, 1.54) is 0 Å². The summed E-state index contributed by atoms with van der Waals surface area (Å²) in [7, 11) is 4.80. The number of carbonyl (C=O) groups excluding carboxylic acids is 1. The third kappa shape index (κ3) is 3.94. The van der Waals surface area contributed by atoms with Crippen LogP contribution in [0.2, 0.25) is 0 Å². The van der Waals surface area contributed by atoms with E-state index in [1.807, 2.05) is 42.5 Å². The van der Waals surface area contributed by atoms with Crippen molar-refractivity contribution in [3.63, 3.8) is 0 Å². The third-order valence-corrected chi connectivity index (χ3v) is 5.18. The molecule has 2 aromatic carbocycles. The lowest BCUT2D eigenvalue weighted by Gasteiger charge is -2.17. The van der Waals surface area contributed by atoms with Crippen molar-refractivity contribution in [1.82, 2.24) is 15.0 Å². The molecule has 1 amide bonds. The first-order valence-corrected chi connectivity index (χ1v) is 9.58. The van der Waals surface area contributed by atoms with Crippen molar-refractivity contribution < 1.29 is 23.5 Å². The molecule has 0 spiro atoms. The number of hydrogen-bond donors (Lipinski definition) is 0. The fourth-order valence-corrected chi connectivity index (χ4v) is 3.55. The molecular formula is C22H23N3O5. The van der Waals surface area contributed by atoms with Crippen molar-refractivity contribution in [2.75, 3.05) is 27.9 Å². The average molecular weight is 409 g/mol. The van der Waals surface area contributed by atoms with Crippen molar-refractivity contribution in [3.05, 3.63) is 53.9 Å². The van der Waals surface area contributed by atoms with Crippen LogP contribution in [-0.4, -0.2) is 48.8 Å². The van der Waals surface area contributed by atoms with Gasteiger partial charge in [-0.3, -0.25) is 4.79 Å². The number of benzene rings is 2. The molecule has 3 aromatic rings. The second-order valence-corrected chi connectivity index (χ2v) is 7.05. The summed E-state index contributed by atoms with van der Waals surface area (Å²) < 4.78 is 21.2. The number of hydrogen-bond acceptors (Lipinski definition) is 7. The number of likely N-dealkylation sites (tertiary alicyclic amines) is 1. The highest BCUT2D eigenvalue weighted by atomic mass is 16.5. The quantitative estimate of drug-likeness (QED) is 0.592. The summed E-state index contributed by atoms with van der Waals surface area (Å²) >= 11 is 0. The third-order valence-electron chi connectivity index (χ3n) is 5.18. The highest BCUT2D eigenvalue weighted by molar-refractivity contribution is 5.79. The molecule has 1 unspecified atom stereocenters. The normalized spacial score (nSPS) is 16.0. The predicted molar refractivity (Wildman–Crippen MR) is 109 cm³/mol. The minimum Gasteiger partial charge on any atom is -0.497 e. The first-order chi connectivity index (χ1) is 14.6. The average Bonchev–Trinajstić information content (AvgIpc) is 3.41. The molecule has 1 fully saturated rings. The van der Waals surface area contributed by atoms with E-state index >= 15 is 0 Å². The molecule has 1 aliphatic heterocycles. The molecule has 0 aliphatic carbocycles. The van der Waals surface area contributed by atoms with Crippen LogP contribution in [0.25, 0.3) is 11.5 Å². The van der Waals surface area contributed by atoms with Gasteiger partial charge in [0.2, 0.25) is 5.91 Å². The molecule has 1 aliphatic rings. The zero-order valence-electron chi connectivity index (χ0n) is 17.1. The predicted octanol–water partition coefficient (Wildman–Crippen LogP) is 3.28. The highest BCUT2D eigenvalue weighted by Gasteiger charge is 2.34. The van der Waals surface area contributed by atoms with Crippen molar-refractivity contribution in [2.24, 2.45) is 0 Å². The lowest BCUT2D eigenvalue weighted by Crippen LogP contribution is -2.24. The summed E-state index contributed by atoms with van der Waals surface area (Å²) in [5, 5.41) is 4.11. The topological polar surface area (TPSA) is 86.9 Å². The minimum atomic E-state index is -0.103. The van der Waals surface area contributed by atoms with Crippen LogP contribution in [-0.2, 0) is 11.3 Å². The van der Waals surface area contributed by atoms with Crippen molar-refractivity contribution >= 4 is 5.91 Å². The molecule has 0 radical (unpaired) electrons. The Morgan fingerprint density at radius 3 is 2.50 bits per heavy atom. The first-order valence-electron chi connectivity index (χ1n) is 9.58. The van der Waals surface area contributed by atoms with Gasteiger partial charge in [0.1, 0.15) is 5.75 Å². The standard InChI is InChI=1S/C22H23N3O5/c1-27-17-7-5-15(6-8-17)22-23-21(24-30-22)16-11-20(26)25(13-16)12-14-4-9-18(28-2)19(10-14)29-3/h4-10,16H,11-13H2,1-3H3. The molecule has 2 heterocycles. The largest absolute Gasteiger partial charge is 0.497 e. The summed E-state index contributed by atoms with van der Waals surface area (Å²) in [6, 6.07) is 13.0. The van der Waals surface area contributed by atoms with Crippen molar-refractivity contribution in [2.45, 2.75) is 18.9 Å². The minimum absolute atomic E-state index is 0.0607. The van der Waals surface area contributed by atoms with Gasteiger partial charge in [0.15, 0.2) is 17.3 Å². The maximum atomic E-state index is 12.6. The van der Waals surface area contributed by atoms with E-state index in [0.29, 0.717) is 42.7 Å². The van der Waals surface area contributed by atoms with Crippen LogP contribution >= 0.6 is 0 Å². The van der Waals surface area contributed by atoms with Crippen LogP contribution in [0, 0.1) is 0 Å². The van der Waals surface area contributed by atoms with E-state index < -0.39 is 0 Å². The van der Waals surface area contributed by atoms with Crippen LogP contribution in [0.3, 0.4) is 0 Å². The Kier molecular flexibility index (Phi) is 5.56.